The van der Waals surface area contributed by atoms with E-state index in [1.165, 1.54) is 19.3 Å². The van der Waals surface area contributed by atoms with Crippen LogP contribution in [0.15, 0.2) is 18.2 Å². The monoisotopic (exact) mass is 377 g/mol. The van der Waals surface area contributed by atoms with Crippen molar-refractivity contribution in [1.29, 1.82) is 0 Å². The van der Waals surface area contributed by atoms with Gasteiger partial charge >= 0.3 is 0 Å². The highest BCUT2D eigenvalue weighted by Gasteiger charge is 2.32. The first-order chi connectivity index (χ1) is 13.0. The Labute approximate surface area is 163 Å². The van der Waals surface area contributed by atoms with Crippen molar-refractivity contribution in [3.8, 4) is 11.5 Å². The number of carbonyl (C=O) groups excluding carboxylic acids is 1. The molecule has 27 heavy (non-hydrogen) atoms. The summed E-state index contributed by atoms with van der Waals surface area (Å²) in [5.74, 6) is 1.48. The van der Waals surface area contributed by atoms with Gasteiger partial charge in [-0.25, -0.2) is 0 Å². The molecule has 152 valence electrons. The minimum absolute atomic E-state index is 0.00976. The van der Waals surface area contributed by atoms with Crippen molar-refractivity contribution < 1.29 is 14.3 Å². The molecule has 1 amide bonds. The quantitative estimate of drug-likeness (QED) is 0.655. The fourth-order valence-electron chi connectivity index (χ4n) is 3.64. The summed E-state index contributed by atoms with van der Waals surface area (Å²) in [6.45, 7) is 2.51. The third kappa shape index (κ3) is 6.70. The number of carbonyl (C=O) groups is 1. The molecule has 0 spiro atoms. The lowest BCUT2D eigenvalue weighted by atomic mass is 9.71. The predicted octanol–water partition coefficient (Wildman–Crippen LogP) is 2.55. The van der Waals surface area contributed by atoms with Crippen molar-refractivity contribution in [3.63, 3.8) is 0 Å². The van der Waals surface area contributed by atoms with Crippen molar-refractivity contribution >= 4 is 5.91 Å². The van der Waals surface area contributed by atoms with Crippen LogP contribution in [-0.2, 0) is 11.3 Å². The van der Waals surface area contributed by atoms with Crippen LogP contribution in [0.4, 0.5) is 0 Å². The number of ether oxygens (including phenoxy) is 2. The Balaban J connectivity index is 1.88. The highest BCUT2D eigenvalue weighted by molar-refractivity contribution is 5.76. The summed E-state index contributed by atoms with van der Waals surface area (Å²) in [5, 5.41) is 3.04. The summed E-state index contributed by atoms with van der Waals surface area (Å²) >= 11 is 0. The molecule has 1 fully saturated rings. The van der Waals surface area contributed by atoms with Crippen LogP contribution in [0.1, 0.15) is 44.1 Å². The van der Waals surface area contributed by atoms with Gasteiger partial charge in [0.1, 0.15) is 6.61 Å². The fourth-order valence-corrected chi connectivity index (χ4v) is 3.64. The molecule has 0 heterocycles. The maximum Gasteiger partial charge on any atom is 0.220 e. The molecule has 0 unspecified atom stereocenters. The first kappa shape index (κ1) is 21.5. The Hall–Kier alpha value is -1.79. The highest BCUT2D eigenvalue weighted by atomic mass is 16.5. The summed E-state index contributed by atoms with van der Waals surface area (Å²) < 4.78 is 11.2. The van der Waals surface area contributed by atoms with Gasteiger partial charge in [0.05, 0.1) is 7.11 Å². The van der Waals surface area contributed by atoms with E-state index in [-0.39, 0.29) is 11.3 Å². The van der Waals surface area contributed by atoms with Crippen molar-refractivity contribution in [2.75, 3.05) is 40.9 Å². The molecule has 1 aromatic carbocycles. The zero-order chi connectivity index (χ0) is 19.7. The van der Waals surface area contributed by atoms with Gasteiger partial charge in [0.15, 0.2) is 11.5 Å². The van der Waals surface area contributed by atoms with Gasteiger partial charge in [-0.3, -0.25) is 4.79 Å². The molecule has 0 bridgehead atoms. The van der Waals surface area contributed by atoms with Gasteiger partial charge in [-0.15, -0.1) is 0 Å². The number of nitrogens with one attached hydrogen (secondary N) is 1. The lowest BCUT2D eigenvalue weighted by Crippen LogP contribution is -2.38. The van der Waals surface area contributed by atoms with E-state index in [2.05, 4.69) is 10.2 Å². The van der Waals surface area contributed by atoms with Gasteiger partial charge < -0.3 is 25.4 Å². The second-order valence-electron chi connectivity index (χ2n) is 7.86. The van der Waals surface area contributed by atoms with Crippen molar-refractivity contribution in [2.24, 2.45) is 11.1 Å². The van der Waals surface area contributed by atoms with Crippen LogP contribution in [0.5, 0.6) is 11.5 Å². The molecule has 6 nitrogen and oxygen atoms in total. The van der Waals surface area contributed by atoms with Crippen LogP contribution >= 0.6 is 0 Å². The maximum atomic E-state index is 12.4. The number of nitrogens with zero attached hydrogens (tertiary/aromatic N) is 1. The minimum Gasteiger partial charge on any atom is -0.493 e. The standard InChI is InChI=1S/C21H35N3O3/c1-24(2)11-12-27-18-8-7-17(13-19(18)26-3)15-23-20(25)14-21(16-22)9-5-4-6-10-21/h7-8,13H,4-6,9-12,14-16,22H2,1-3H3,(H,23,25). The maximum absolute atomic E-state index is 12.4. The molecule has 2 rings (SSSR count). The van der Waals surface area contributed by atoms with Gasteiger partial charge in [-0.2, -0.15) is 0 Å². The van der Waals surface area contributed by atoms with E-state index in [0.29, 0.717) is 31.9 Å². The van der Waals surface area contributed by atoms with Crippen LogP contribution in [0.2, 0.25) is 0 Å². The topological polar surface area (TPSA) is 76.8 Å². The summed E-state index contributed by atoms with van der Waals surface area (Å²) in [4.78, 5) is 14.5. The number of hydrogen-bond acceptors (Lipinski definition) is 5. The fraction of sp³-hybridized carbons (Fsp3) is 0.667. The van der Waals surface area contributed by atoms with Crippen molar-refractivity contribution in [3.05, 3.63) is 23.8 Å². The van der Waals surface area contributed by atoms with Crippen LogP contribution in [0, 0.1) is 5.41 Å². The molecular formula is C21H35N3O3. The molecule has 3 N–H and O–H groups in total. The molecule has 0 aliphatic heterocycles. The normalized spacial score (nSPS) is 16.2. The zero-order valence-electron chi connectivity index (χ0n) is 17.1. The highest BCUT2D eigenvalue weighted by Crippen LogP contribution is 2.38. The van der Waals surface area contributed by atoms with E-state index in [9.17, 15) is 4.79 Å². The Morgan fingerprint density at radius 3 is 2.59 bits per heavy atom. The molecule has 1 saturated carbocycles. The van der Waals surface area contributed by atoms with Crippen molar-refractivity contribution in [1.82, 2.24) is 10.2 Å². The van der Waals surface area contributed by atoms with E-state index >= 15 is 0 Å². The van der Waals surface area contributed by atoms with Crippen LogP contribution in [-0.4, -0.2) is 51.7 Å². The van der Waals surface area contributed by atoms with Crippen molar-refractivity contribution in [2.45, 2.75) is 45.1 Å². The third-order valence-corrected chi connectivity index (χ3v) is 5.40. The first-order valence-electron chi connectivity index (χ1n) is 9.89. The predicted molar refractivity (Wildman–Crippen MR) is 108 cm³/mol. The summed E-state index contributed by atoms with van der Waals surface area (Å²) in [6, 6.07) is 5.79. The summed E-state index contributed by atoms with van der Waals surface area (Å²) in [7, 11) is 5.65. The first-order valence-corrected chi connectivity index (χ1v) is 9.89. The Morgan fingerprint density at radius 2 is 1.96 bits per heavy atom. The largest absolute Gasteiger partial charge is 0.493 e. The second kappa shape index (κ2) is 10.5. The molecule has 1 aliphatic carbocycles. The number of hydrogen-bond donors (Lipinski definition) is 2. The van der Waals surface area contributed by atoms with Gasteiger partial charge in [0.25, 0.3) is 0 Å². The van der Waals surface area contributed by atoms with Gasteiger partial charge in [-0.1, -0.05) is 25.3 Å². The summed E-state index contributed by atoms with van der Waals surface area (Å²) in [5.41, 5.74) is 6.97. The molecule has 0 atom stereocenters. The van der Waals surface area contributed by atoms with E-state index in [4.69, 9.17) is 15.2 Å². The van der Waals surface area contributed by atoms with Gasteiger partial charge in [0, 0.05) is 19.5 Å². The van der Waals surface area contributed by atoms with E-state index in [0.717, 1.165) is 30.7 Å². The second-order valence-corrected chi connectivity index (χ2v) is 7.86. The Bertz CT molecular complexity index is 598. The molecule has 6 heteroatoms. The lowest BCUT2D eigenvalue weighted by Gasteiger charge is -2.35. The zero-order valence-corrected chi connectivity index (χ0v) is 17.1. The van der Waals surface area contributed by atoms with Crippen LogP contribution < -0.4 is 20.5 Å². The molecule has 1 aromatic rings. The van der Waals surface area contributed by atoms with E-state index in [1.807, 2.05) is 32.3 Å². The smallest absolute Gasteiger partial charge is 0.220 e. The molecular weight excluding hydrogens is 342 g/mol. The minimum atomic E-state index is -0.00976. The molecule has 0 saturated heterocycles. The van der Waals surface area contributed by atoms with Gasteiger partial charge in [0.2, 0.25) is 5.91 Å². The Kier molecular flexibility index (Phi) is 8.38. The van der Waals surface area contributed by atoms with Crippen LogP contribution in [0.3, 0.4) is 0 Å². The number of nitrogens with two attached hydrogens (primary N) is 1. The lowest BCUT2D eigenvalue weighted by molar-refractivity contribution is -0.124. The average Bonchev–Trinajstić information content (AvgIpc) is 2.67. The molecule has 1 aliphatic rings. The summed E-state index contributed by atoms with van der Waals surface area (Å²) in [6.07, 6.45) is 6.25. The number of rotatable bonds is 10. The van der Waals surface area contributed by atoms with Crippen LogP contribution in [0.25, 0.3) is 0 Å². The third-order valence-electron chi connectivity index (χ3n) is 5.40. The molecule has 0 aromatic heterocycles. The average molecular weight is 378 g/mol. The number of amides is 1. The van der Waals surface area contributed by atoms with E-state index in [1.54, 1.807) is 7.11 Å². The van der Waals surface area contributed by atoms with Gasteiger partial charge in [-0.05, 0) is 56.6 Å². The SMILES string of the molecule is COc1cc(CNC(=O)CC2(CN)CCCCC2)ccc1OCCN(C)C. The Morgan fingerprint density at radius 1 is 1.22 bits per heavy atom. The number of likely N-dealkylation sites (N-methyl/N-ethyl adjacent to an activating group) is 1. The number of methoxy groups -OCH3 is 1. The number of benzene rings is 1. The van der Waals surface area contributed by atoms with E-state index < -0.39 is 0 Å². The molecule has 0 radical (unpaired) electrons.